The van der Waals surface area contributed by atoms with Crippen LogP contribution in [0.25, 0.3) is 0 Å². The molecule has 1 heterocycles. The Bertz CT molecular complexity index is 788. The Morgan fingerprint density at radius 1 is 1.13 bits per heavy atom. The number of carboxylic acids is 1. The van der Waals surface area contributed by atoms with Crippen molar-refractivity contribution in [3.05, 3.63) is 18.2 Å². The largest absolute Gasteiger partial charge is 0.480 e. The number of nitrogens with zero attached hydrogens (tertiary/aromatic N) is 1. The van der Waals surface area contributed by atoms with Crippen LogP contribution < -0.4 is 27.4 Å². The van der Waals surface area contributed by atoms with Gasteiger partial charge in [0, 0.05) is 30.5 Å². The van der Waals surface area contributed by atoms with Crippen LogP contribution in [0.5, 0.6) is 0 Å². The summed E-state index contributed by atoms with van der Waals surface area (Å²) in [5.74, 6) is -4.08. The summed E-state index contributed by atoms with van der Waals surface area (Å²) in [7, 11) is 0. The maximum Gasteiger partial charge on any atom is 0.326 e. The molecule has 14 heteroatoms. The van der Waals surface area contributed by atoms with Crippen molar-refractivity contribution in [3.8, 4) is 0 Å². The van der Waals surface area contributed by atoms with Crippen LogP contribution in [-0.2, 0) is 30.4 Å². The van der Waals surface area contributed by atoms with Crippen molar-refractivity contribution in [2.24, 2.45) is 11.5 Å². The number of rotatable bonds is 13. The zero-order valence-electron chi connectivity index (χ0n) is 16.8. The van der Waals surface area contributed by atoms with E-state index >= 15 is 0 Å². The Kier molecular flexibility index (Phi) is 10.5. The summed E-state index contributed by atoms with van der Waals surface area (Å²) in [6.45, 7) is 1.40. The van der Waals surface area contributed by atoms with Crippen molar-refractivity contribution in [1.29, 1.82) is 0 Å². The van der Waals surface area contributed by atoms with E-state index in [9.17, 15) is 29.1 Å². The number of nitrogens with two attached hydrogens (primary N) is 2. The Labute approximate surface area is 183 Å². The van der Waals surface area contributed by atoms with E-state index in [0.717, 1.165) is 0 Å². The standard InChI is InChI=1S/C17H27N7O6S/c1-8(22-15(27)10(18)6-31)14(26)24-12(4-9-5-20-7-21-9)16(28)23-11(17(29)30)2-3-13(19)25/h5,7-8,10-12,31H,2-4,6,18H2,1H3,(H2,19,25)(H,20,21)(H,22,27)(H,23,28)(H,24,26)(H,29,30). The molecule has 4 amide bonds. The maximum absolute atomic E-state index is 12.7. The molecule has 0 spiro atoms. The lowest BCUT2D eigenvalue weighted by Crippen LogP contribution is -2.57. The van der Waals surface area contributed by atoms with E-state index in [0.29, 0.717) is 5.69 Å². The number of nitrogens with one attached hydrogen (secondary N) is 4. The number of hydrogen-bond donors (Lipinski definition) is 8. The monoisotopic (exact) mass is 457 g/mol. The third kappa shape index (κ3) is 9.04. The van der Waals surface area contributed by atoms with Crippen LogP contribution in [0, 0.1) is 0 Å². The van der Waals surface area contributed by atoms with Gasteiger partial charge < -0.3 is 37.5 Å². The van der Waals surface area contributed by atoms with Crippen molar-refractivity contribution < 1.29 is 29.1 Å². The van der Waals surface area contributed by atoms with E-state index in [1.165, 1.54) is 19.4 Å². The SMILES string of the molecule is CC(NC(=O)C(N)CS)C(=O)NC(Cc1cnc[nH]1)C(=O)NC(CCC(N)=O)C(=O)O. The van der Waals surface area contributed by atoms with Crippen molar-refractivity contribution in [1.82, 2.24) is 25.9 Å². The first-order chi connectivity index (χ1) is 14.5. The molecule has 31 heavy (non-hydrogen) atoms. The van der Waals surface area contributed by atoms with Gasteiger partial charge in [-0.3, -0.25) is 19.2 Å². The molecule has 0 fully saturated rings. The van der Waals surface area contributed by atoms with Gasteiger partial charge in [0.15, 0.2) is 0 Å². The lowest BCUT2D eigenvalue weighted by molar-refractivity contribution is -0.142. The van der Waals surface area contributed by atoms with Crippen molar-refractivity contribution in [3.63, 3.8) is 0 Å². The number of carbonyl (C=O) groups is 5. The average Bonchev–Trinajstić information content (AvgIpc) is 3.22. The van der Waals surface area contributed by atoms with E-state index < -0.39 is 53.8 Å². The van der Waals surface area contributed by atoms with Gasteiger partial charge in [-0.1, -0.05) is 0 Å². The summed E-state index contributed by atoms with van der Waals surface area (Å²) in [6, 6.07) is -4.52. The highest BCUT2D eigenvalue weighted by Crippen LogP contribution is 2.03. The lowest BCUT2D eigenvalue weighted by atomic mass is 10.1. The molecule has 0 aliphatic carbocycles. The fourth-order valence-electron chi connectivity index (χ4n) is 2.41. The molecule has 13 nitrogen and oxygen atoms in total. The zero-order chi connectivity index (χ0) is 23.6. The van der Waals surface area contributed by atoms with E-state index in [1.54, 1.807) is 0 Å². The number of carboxylic acid groups (broad SMARTS) is 1. The molecule has 0 radical (unpaired) electrons. The van der Waals surface area contributed by atoms with Gasteiger partial charge in [0.1, 0.15) is 18.1 Å². The van der Waals surface area contributed by atoms with E-state index in [1.807, 2.05) is 0 Å². The summed E-state index contributed by atoms with van der Waals surface area (Å²) >= 11 is 3.91. The van der Waals surface area contributed by atoms with Crippen LogP contribution in [0.15, 0.2) is 12.5 Å². The molecular weight excluding hydrogens is 430 g/mol. The number of aromatic nitrogens is 2. The lowest BCUT2D eigenvalue weighted by Gasteiger charge is -2.23. The molecular formula is C17H27N7O6S. The summed E-state index contributed by atoms with van der Waals surface area (Å²) < 4.78 is 0. The van der Waals surface area contributed by atoms with E-state index in [4.69, 9.17) is 11.5 Å². The van der Waals surface area contributed by atoms with Gasteiger partial charge in [0.05, 0.1) is 12.4 Å². The minimum atomic E-state index is -1.38. The second-order valence-electron chi connectivity index (χ2n) is 6.77. The molecule has 0 saturated carbocycles. The van der Waals surface area contributed by atoms with Crippen LogP contribution in [0.4, 0.5) is 0 Å². The molecule has 4 unspecified atom stereocenters. The molecule has 0 aliphatic rings. The highest BCUT2D eigenvalue weighted by Gasteiger charge is 2.29. The first-order valence-corrected chi connectivity index (χ1v) is 9.94. The average molecular weight is 458 g/mol. The minimum Gasteiger partial charge on any atom is -0.480 e. The Morgan fingerprint density at radius 3 is 2.29 bits per heavy atom. The summed E-state index contributed by atoms with van der Waals surface area (Å²) in [5, 5.41) is 16.4. The molecule has 0 saturated heterocycles. The van der Waals surface area contributed by atoms with Crippen molar-refractivity contribution >= 4 is 42.2 Å². The number of hydrogen-bond acceptors (Lipinski definition) is 8. The van der Waals surface area contributed by atoms with Gasteiger partial charge in [-0.05, 0) is 13.3 Å². The summed E-state index contributed by atoms with van der Waals surface area (Å²) in [4.78, 5) is 66.0. The molecule has 0 bridgehead atoms. The van der Waals surface area contributed by atoms with Crippen LogP contribution in [0.2, 0.25) is 0 Å². The fourth-order valence-corrected chi connectivity index (χ4v) is 2.57. The number of aromatic amines is 1. The predicted octanol–water partition coefficient (Wildman–Crippen LogP) is -2.97. The van der Waals surface area contributed by atoms with Gasteiger partial charge in [0.25, 0.3) is 0 Å². The van der Waals surface area contributed by atoms with Crippen molar-refractivity contribution in [2.45, 2.75) is 50.4 Å². The molecule has 1 aromatic heterocycles. The van der Waals surface area contributed by atoms with Crippen molar-refractivity contribution in [2.75, 3.05) is 5.75 Å². The van der Waals surface area contributed by atoms with Crippen LogP contribution >= 0.6 is 12.6 Å². The van der Waals surface area contributed by atoms with Gasteiger partial charge >= 0.3 is 5.97 Å². The van der Waals surface area contributed by atoms with Gasteiger partial charge in [0.2, 0.25) is 23.6 Å². The van der Waals surface area contributed by atoms with Gasteiger partial charge in [-0.15, -0.1) is 0 Å². The van der Waals surface area contributed by atoms with E-state index in [2.05, 4.69) is 38.5 Å². The van der Waals surface area contributed by atoms with Gasteiger partial charge in [-0.25, -0.2) is 9.78 Å². The number of thiol groups is 1. The third-order valence-corrected chi connectivity index (χ3v) is 4.58. The Hall–Kier alpha value is -3.13. The number of carbonyl (C=O) groups excluding carboxylic acids is 4. The van der Waals surface area contributed by atoms with Gasteiger partial charge in [-0.2, -0.15) is 12.6 Å². The molecule has 1 aromatic rings. The predicted molar refractivity (Wildman–Crippen MR) is 112 cm³/mol. The summed E-state index contributed by atoms with van der Waals surface area (Å²) in [6.07, 6.45) is 2.32. The second kappa shape index (κ2) is 12.5. The molecule has 9 N–H and O–H groups in total. The van der Waals surface area contributed by atoms with Crippen LogP contribution in [0.1, 0.15) is 25.5 Å². The number of aliphatic carboxylic acids is 1. The fraction of sp³-hybridized carbons (Fsp3) is 0.529. The minimum absolute atomic E-state index is 0.0312. The molecule has 4 atom stereocenters. The molecule has 0 aliphatic heterocycles. The molecule has 1 rings (SSSR count). The Balaban J connectivity index is 2.89. The molecule has 172 valence electrons. The van der Waals surface area contributed by atoms with Crippen LogP contribution in [-0.4, -0.2) is 74.6 Å². The maximum atomic E-state index is 12.7. The summed E-state index contributed by atoms with van der Waals surface area (Å²) in [5.41, 5.74) is 11.1. The Morgan fingerprint density at radius 2 is 1.77 bits per heavy atom. The normalized spacial score (nSPS) is 14.5. The highest BCUT2D eigenvalue weighted by atomic mass is 32.1. The first-order valence-electron chi connectivity index (χ1n) is 9.31. The number of primary amides is 1. The van der Waals surface area contributed by atoms with E-state index in [-0.39, 0.29) is 25.0 Å². The smallest absolute Gasteiger partial charge is 0.326 e. The topological polar surface area (TPSA) is 222 Å². The van der Waals surface area contributed by atoms with Crippen LogP contribution in [0.3, 0.4) is 0 Å². The number of amides is 4. The number of imidazole rings is 1. The second-order valence-corrected chi connectivity index (χ2v) is 7.13. The highest BCUT2D eigenvalue weighted by molar-refractivity contribution is 7.80. The number of H-pyrrole nitrogens is 1. The first kappa shape index (κ1) is 25.9. The third-order valence-electron chi connectivity index (χ3n) is 4.19. The quantitative estimate of drug-likeness (QED) is 0.142. The molecule has 0 aromatic carbocycles. The zero-order valence-corrected chi connectivity index (χ0v) is 17.7.